The van der Waals surface area contributed by atoms with E-state index >= 15 is 0 Å². The van der Waals surface area contributed by atoms with Crippen molar-refractivity contribution in [3.63, 3.8) is 0 Å². The standard InChI is InChI=1S/C16H27N/c1-4-6-13-16(3,14-7-5-2)17-15-11-9-8-10-12-15/h8-12,17H,4-7,13-14H2,1-3H3. The highest BCUT2D eigenvalue weighted by Gasteiger charge is 2.22. The minimum atomic E-state index is 0.257. The first-order valence-corrected chi connectivity index (χ1v) is 7.03. The van der Waals surface area contributed by atoms with Crippen molar-refractivity contribution in [2.45, 2.75) is 64.8 Å². The Hall–Kier alpha value is -0.980. The molecule has 0 bridgehead atoms. The third-order valence-corrected chi connectivity index (χ3v) is 3.38. The van der Waals surface area contributed by atoms with Crippen LogP contribution >= 0.6 is 0 Å². The van der Waals surface area contributed by atoms with Crippen LogP contribution in [-0.4, -0.2) is 5.54 Å². The zero-order valence-corrected chi connectivity index (χ0v) is 11.6. The Kier molecular flexibility index (Phi) is 6.10. The van der Waals surface area contributed by atoms with Gasteiger partial charge in [-0.3, -0.25) is 0 Å². The highest BCUT2D eigenvalue weighted by atomic mass is 15.0. The molecular weight excluding hydrogens is 206 g/mol. The molecule has 96 valence electrons. The lowest BCUT2D eigenvalue weighted by Crippen LogP contribution is -2.34. The van der Waals surface area contributed by atoms with Gasteiger partial charge >= 0.3 is 0 Å². The summed E-state index contributed by atoms with van der Waals surface area (Å²) in [6.45, 7) is 6.90. The second kappa shape index (κ2) is 7.37. The van der Waals surface area contributed by atoms with Gasteiger partial charge in [0.15, 0.2) is 0 Å². The summed E-state index contributed by atoms with van der Waals surface area (Å²) < 4.78 is 0. The quantitative estimate of drug-likeness (QED) is 0.647. The van der Waals surface area contributed by atoms with Gasteiger partial charge in [-0.15, -0.1) is 0 Å². The summed E-state index contributed by atoms with van der Waals surface area (Å²) in [6, 6.07) is 10.6. The summed E-state index contributed by atoms with van der Waals surface area (Å²) >= 11 is 0. The van der Waals surface area contributed by atoms with E-state index in [-0.39, 0.29) is 5.54 Å². The van der Waals surface area contributed by atoms with Crippen molar-refractivity contribution in [3.8, 4) is 0 Å². The molecule has 1 aromatic rings. The van der Waals surface area contributed by atoms with Crippen molar-refractivity contribution in [2.75, 3.05) is 5.32 Å². The SMILES string of the molecule is CCCCC(C)(CCCC)Nc1ccccc1. The van der Waals surface area contributed by atoms with E-state index < -0.39 is 0 Å². The summed E-state index contributed by atoms with van der Waals surface area (Å²) in [7, 11) is 0. The average Bonchev–Trinajstić information content (AvgIpc) is 2.35. The predicted molar refractivity (Wildman–Crippen MR) is 77.5 cm³/mol. The molecule has 0 fully saturated rings. The molecule has 0 amide bonds. The molecule has 1 nitrogen and oxygen atoms in total. The van der Waals surface area contributed by atoms with E-state index in [0.29, 0.717) is 0 Å². The Morgan fingerprint density at radius 2 is 1.47 bits per heavy atom. The fraction of sp³-hybridized carbons (Fsp3) is 0.625. The molecule has 0 atom stereocenters. The van der Waals surface area contributed by atoms with Gasteiger partial charge in [-0.25, -0.2) is 0 Å². The van der Waals surface area contributed by atoms with Crippen LogP contribution in [0.1, 0.15) is 59.3 Å². The van der Waals surface area contributed by atoms with Crippen molar-refractivity contribution < 1.29 is 0 Å². The summed E-state index contributed by atoms with van der Waals surface area (Å²) in [5, 5.41) is 3.72. The van der Waals surface area contributed by atoms with Crippen LogP contribution in [0.15, 0.2) is 30.3 Å². The highest BCUT2D eigenvalue weighted by Crippen LogP contribution is 2.26. The molecule has 0 saturated carbocycles. The first-order valence-electron chi connectivity index (χ1n) is 7.03. The molecule has 0 spiro atoms. The van der Waals surface area contributed by atoms with Crippen LogP contribution in [0.25, 0.3) is 0 Å². The Balaban J connectivity index is 2.61. The van der Waals surface area contributed by atoms with Gasteiger partial charge in [-0.05, 0) is 31.9 Å². The van der Waals surface area contributed by atoms with Gasteiger partial charge in [0.25, 0.3) is 0 Å². The maximum atomic E-state index is 3.72. The molecule has 0 aliphatic heterocycles. The molecule has 17 heavy (non-hydrogen) atoms. The van der Waals surface area contributed by atoms with Crippen LogP contribution in [0.2, 0.25) is 0 Å². The van der Waals surface area contributed by atoms with E-state index in [1.165, 1.54) is 44.2 Å². The summed E-state index contributed by atoms with van der Waals surface area (Å²) in [5.41, 5.74) is 1.51. The van der Waals surface area contributed by atoms with Crippen LogP contribution in [0.3, 0.4) is 0 Å². The number of benzene rings is 1. The van der Waals surface area contributed by atoms with E-state index in [9.17, 15) is 0 Å². The molecule has 0 aromatic heterocycles. The second-order valence-corrected chi connectivity index (χ2v) is 5.26. The molecular formula is C16H27N. The molecule has 1 aromatic carbocycles. The molecule has 1 rings (SSSR count). The third-order valence-electron chi connectivity index (χ3n) is 3.38. The molecule has 0 heterocycles. The molecule has 0 saturated heterocycles. The second-order valence-electron chi connectivity index (χ2n) is 5.26. The highest BCUT2D eigenvalue weighted by molar-refractivity contribution is 5.44. The van der Waals surface area contributed by atoms with Crippen LogP contribution < -0.4 is 5.32 Å². The lowest BCUT2D eigenvalue weighted by Gasteiger charge is -2.32. The number of anilines is 1. The largest absolute Gasteiger partial charge is 0.380 e. The number of rotatable bonds is 8. The van der Waals surface area contributed by atoms with Gasteiger partial charge in [0.05, 0.1) is 0 Å². The van der Waals surface area contributed by atoms with E-state index in [0.717, 1.165) is 0 Å². The van der Waals surface area contributed by atoms with Gasteiger partial charge < -0.3 is 5.32 Å². The number of hydrogen-bond acceptors (Lipinski definition) is 1. The molecule has 0 unspecified atom stereocenters. The van der Waals surface area contributed by atoms with Crippen LogP contribution in [-0.2, 0) is 0 Å². The lowest BCUT2D eigenvalue weighted by atomic mass is 9.89. The number of nitrogens with one attached hydrogen (secondary N) is 1. The average molecular weight is 233 g/mol. The Labute approximate surface area is 107 Å². The zero-order valence-electron chi connectivity index (χ0n) is 11.6. The summed E-state index contributed by atoms with van der Waals surface area (Å²) in [4.78, 5) is 0. The van der Waals surface area contributed by atoms with E-state index in [1.54, 1.807) is 0 Å². The smallest absolute Gasteiger partial charge is 0.0345 e. The van der Waals surface area contributed by atoms with E-state index in [2.05, 4.69) is 56.4 Å². The topological polar surface area (TPSA) is 12.0 Å². The lowest BCUT2D eigenvalue weighted by molar-refractivity contribution is 0.408. The van der Waals surface area contributed by atoms with Crippen molar-refractivity contribution in [1.29, 1.82) is 0 Å². The number of hydrogen-bond donors (Lipinski definition) is 1. The van der Waals surface area contributed by atoms with Gasteiger partial charge in [0.2, 0.25) is 0 Å². The van der Waals surface area contributed by atoms with E-state index in [4.69, 9.17) is 0 Å². The van der Waals surface area contributed by atoms with Crippen molar-refractivity contribution in [2.24, 2.45) is 0 Å². The zero-order chi connectivity index (χ0) is 12.6. The maximum absolute atomic E-state index is 3.72. The fourth-order valence-corrected chi connectivity index (χ4v) is 2.25. The van der Waals surface area contributed by atoms with Crippen LogP contribution in [0.5, 0.6) is 0 Å². The van der Waals surface area contributed by atoms with Gasteiger partial charge in [-0.2, -0.15) is 0 Å². The Morgan fingerprint density at radius 1 is 0.941 bits per heavy atom. The van der Waals surface area contributed by atoms with Crippen LogP contribution in [0, 0.1) is 0 Å². The molecule has 0 aliphatic carbocycles. The normalized spacial score (nSPS) is 11.5. The maximum Gasteiger partial charge on any atom is 0.0345 e. The van der Waals surface area contributed by atoms with E-state index in [1.807, 2.05) is 0 Å². The van der Waals surface area contributed by atoms with Gasteiger partial charge in [0.1, 0.15) is 0 Å². The van der Waals surface area contributed by atoms with Crippen LogP contribution in [0.4, 0.5) is 5.69 Å². The number of para-hydroxylation sites is 1. The molecule has 1 heteroatoms. The summed E-state index contributed by atoms with van der Waals surface area (Å²) in [6.07, 6.45) is 7.69. The monoisotopic (exact) mass is 233 g/mol. The minimum Gasteiger partial charge on any atom is -0.380 e. The van der Waals surface area contributed by atoms with Gasteiger partial charge in [0, 0.05) is 11.2 Å². The van der Waals surface area contributed by atoms with Crippen molar-refractivity contribution in [1.82, 2.24) is 0 Å². The third kappa shape index (κ3) is 5.25. The first kappa shape index (κ1) is 14.1. The Morgan fingerprint density at radius 3 is 1.94 bits per heavy atom. The molecule has 1 N–H and O–H groups in total. The fourth-order valence-electron chi connectivity index (χ4n) is 2.25. The van der Waals surface area contributed by atoms with Gasteiger partial charge in [-0.1, -0.05) is 57.7 Å². The predicted octanol–water partition coefficient (Wildman–Crippen LogP) is 5.24. The summed E-state index contributed by atoms with van der Waals surface area (Å²) in [5.74, 6) is 0. The first-order chi connectivity index (χ1) is 8.20. The van der Waals surface area contributed by atoms with Crippen molar-refractivity contribution in [3.05, 3.63) is 30.3 Å². The molecule has 0 radical (unpaired) electrons. The minimum absolute atomic E-state index is 0.257. The van der Waals surface area contributed by atoms with Crippen molar-refractivity contribution >= 4 is 5.69 Å². The number of unbranched alkanes of at least 4 members (excludes halogenated alkanes) is 2. The Bertz CT molecular complexity index is 284. The molecule has 0 aliphatic rings.